The van der Waals surface area contributed by atoms with Crippen LogP contribution in [-0.4, -0.2) is 32.1 Å². The number of aryl methyl sites for hydroxylation is 2. The van der Waals surface area contributed by atoms with E-state index in [1.165, 1.54) is 0 Å². The fourth-order valence-corrected chi connectivity index (χ4v) is 3.34. The molecule has 0 heterocycles. The standard InChI is InChI=1S/C23H28N2O4/c1-4-16-7-5-6-15(2)21(16)25-23(27)20-14-19(20)22(26)24-12-13-29-18-10-8-17(28-3)9-11-18/h5-11,19-20H,4,12-14H2,1-3H3,(H,24,26)(H,25,27). The van der Waals surface area contributed by atoms with Crippen LogP contribution in [0, 0.1) is 18.8 Å². The van der Waals surface area contributed by atoms with Crippen molar-refractivity contribution in [2.24, 2.45) is 11.8 Å². The molecule has 0 aliphatic heterocycles. The largest absolute Gasteiger partial charge is 0.497 e. The summed E-state index contributed by atoms with van der Waals surface area (Å²) < 4.78 is 10.7. The molecule has 2 aromatic carbocycles. The number of carbonyl (C=O) groups is 2. The maximum absolute atomic E-state index is 12.6. The Balaban J connectivity index is 1.41. The molecular weight excluding hydrogens is 368 g/mol. The van der Waals surface area contributed by atoms with Crippen LogP contribution in [0.25, 0.3) is 0 Å². The maximum Gasteiger partial charge on any atom is 0.228 e. The van der Waals surface area contributed by atoms with Gasteiger partial charge in [-0.1, -0.05) is 25.1 Å². The molecule has 1 aliphatic carbocycles. The van der Waals surface area contributed by atoms with Crippen molar-refractivity contribution in [2.75, 3.05) is 25.6 Å². The number of nitrogens with one attached hydrogen (secondary N) is 2. The van der Waals surface area contributed by atoms with Crippen LogP contribution in [0.2, 0.25) is 0 Å². The van der Waals surface area contributed by atoms with E-state index in [0.717, 1.165) is 29.0 Å². The Kier molecular flexibility index (Phi) is 6.75. The van der Waals surface area contributed by atoms with Crippen molar-refractivity contribution in [3.05, 3.63) is 53.6 Å². The van der Waals surface area contributed by atoms with Crippen molar-refractivity contribution in [2.45, 2.75) is 26.7 Å². The Hall–Kier alpha value is -3.02. The van der Waals surface area contributed by atoms with E-state index in [2.05, 4.69) is 17.6 Å². The lowest BCUT2D eigenvalue weighted by atomic mass is 10.1. The molecule has 29 heavy (non-hydrogen) atoms. The number of anilines is 1. The quantitative estimate of drug-likeness (QED) is 0.638. The van der Waals surface area contributed by atoms with Crippen molar-refractivity contribution in [3.8, 4) is 11.5 Å². The molecule has 6 nitrogen and oxygen atoms in total. The highest BCUT2D eigenvalue weighted by Crippen LogP contribution is 2.40. The summed E-state index contributed by atoms with van der Waals surface area (Å²) in [7, 11) is 1.61. The van der Waals surface area contributed by atoms with E-state index < -0.39 is 0 Å². The number of amides is 2. The number of hydrogen-bond acceptors (Lipinski definition) is 4. The van der Waals surface area contributed by atoms with Crippen LogP contribution in [0.15, 0.2) is 42.5 Å². The van der Waals surface area contributed by atoms with Crippen molar-refractivity contribution in [1.29, 1.82) is 0 Å². The van der Waals surface area contributed by atoms with Crippen molar-refractivity contribution in [1.82, 2.24) is 5.32 Å². The van der Waals surface area contributed by atoms with Gasteiger partial charge in [0.2, 0.25) is 11.8 Å². The molecule has 0 aromatic heterocycles. The lowest BCUT2D eigenvalue weighted by Gasteiger charge is -2.13. The Morgan fingerprint density at radius 1 is 1.03 bits per heavy atom. The molecule has 3 rings (SSSR count). The first-order valence-electron chi connectivity index (χ1n) is 9.97. The summed E-state index contributed by atoms with van der Waals surface area (Å²) in [4.78, 5) is 24.8. The van der Waals surface area contributed by atoms with E-state index in [1.54, 1.807) is 7.11 Å². The third kappa shape index (κ3) is 5.28. The summed E-state index contributed by atoms with van der Waals surface area (Å²) in [6, 6.07) is 13.3. The second kappa shape index (κ2) is 9.45. The van der Waals surface area contributed by atoms with Crippen LogP contribution >= 0.6 is 0 Å². The first-order valence-corrected chi connectivity index (χ1v) is 9.97. The Morgan fingerprint density at radius 2 is 1.72 bits per heavy atom. The van der Waals surface area contributed by atoms with Gasteiger partial charge in [-0.25, -0.2) is 0 Å². The predicted molar refractivity (Wildman–Crippen MR) is 112 cm³/mol. The number of carbonyl (C=O) groups excluding carboxylic acids is 2. The fraction of sp³-hybridized carbons (Fsp3) is 0.391. The Labute approximate surface area is 171 Å². The zero-order valence-electron chi connectivity index (χ0n) is 17.2. The second-order valence-corrected chi connectivity index (χ2v) is 7.22. The van der Waals surface area contributed by atoms with Crippen molar-refractivity contribution >= 4 is 17.5 Å². The van der Waals surface area contributed by atoms with E-state index in [1.807, 2.05) is 49.4 Å². The number of hydrogen-bond donors (Lipinski definition) is 2. The monoisotopic (exact) mass is 396 g/mol. The van der Waals surface area contributed by atoms with Gasteiger partial charge in [-0.3, -0.25) is 9.59 Å². The average molecular weight is 396 g/mol. The van der Waals surface area contributed by atoms with Gasteiger partial charge in [-0.05, 0) is 55.2 Å². The number of ether oxygens (including phenoxy) is 2. The molecule has 0 saturated heterocycles. The molecule has 2 N–H and O–H groups in total. The van der Waals surface area contributed by atoms with Gasteiger partial charge >= 0.3 is 0 Å². The van der Waals surface area contributed by atoms with E-state index in [9.17, 15) is 9.59 Å². The summed E-state index contributed by atoms with van der Waals surface area (Å²) in [6.45, 7) is 4.80. The molecule has 0 radical (unpaired) electrons. The van der Waals surface area contributed by atoms with Gasteiger partial charge in [0.05, 0.1) is 25.5 Å². The highest BCUT2D eigenvalue weighted by molar-refractivity contribution is 6.00. The lowest BCUT2D eigenvalue weighted by Crippen LogP contribution is -2.31. The van der Waals surface area contributed by atoms with Gasteiger partial charge in [0, 0.05) is 5.69 Å². The Bertz CT molecular complexity index is 864. The SMILES string of the molecule is CCc1cccc(C)c1NC(=O)C1CC1C(=O)NCCOc1ccc(OC)cc1. The van der Waals surface area contributed by atoms with Gasteiger partial charge in [0.1, 0.15) is 18.1 Å². The molecule has 154 valence electrons. The van der Waals surface area contributed by atoms with Crippen LogP contribution in [0.3, 0.4) is 0 Å². The van der Waals surface area contributed by atoms with E-state index >= 15 is 0 Å². The maximum atomic E-state index is 12.6. The molecule has 1 aliphatic rings. The first kappa shape index (κ1) is 20.7. The second-order valence-electron chi connectivity index (χ2n) is 7.22. The van der Waals surface area contributed by atoms with Crippen molar-refractivity contribution < 1.29 is 19.1 Å². The molecular formula is C23H28N2O4. The topological polar surface area (TPSA) is 76.7 Å². The zero-order valence-corrected chi connectivity index (χ0v) is 17.2. The fourth-order valence-electron chi connectivity index (χ4n) is 3.34. The molecule has 2 atom stereocenters. The van der Waals surface area contributed by atoms with Gasteiger partial charge in [0.15, 0.2) is 0 Å². The van der Waals surface area contributed by atoms with E-state index in [4.69, 9.17) is 9.47 Å². The van der Waals surface area contributed by atoms with Gasteiger partial charge in [0.25, 0.3) is 0 Å². The predicted octanol–water partition coefficient (Wildman–Crippen LogP) is 3.34. The molecule has 0 spiro atoms. The van der Waals surface area contributed by atoms with Crippen LogP contribution < -0.4 is 20.1 Å². The molecule has 2 unspecified atom stereocenters. The molecule has 6 heteroatoms. The van der Waals surface area contributed by atoms with Crippen LogP contribution in [-0.2, 0) is 16.0 Å². The minimum atomic E-state index is -0.262. The summed E-state index contributed by atoms with van der Waals surface area (Å²) in [5, 5.41) is 5.87. The van der Waals surface area contributed by atoms with Gasteiger partial charge in [-0.2, -0.15) is 0 Å². The van der Waals surface area contributed by atoms with Gasteiger partial charge in [-0.15, -0.1) is 0 Å². The Morgan fingerprint density at radius 3 is 2.41 bits per heavy atom. The van der Waals surface area contributed by atoms with Crippen LogP contribution in [0.5, 0.6) is 11.5 Å². The van der Waals surface area contributed by atoms with Crippen LogP contribution in [0.4, 0.5) is 5.69 Å². The van der Waals surface area contributed by atoms with Gasteiger partial charge < -0.3 is 20.1 Å². The third-order valence-electron chi connectivity index (χ3n) is 5.18. The first-order chi connectivity index (χ1) is 14.0. The van der Waals surface area contributed by atoms with Crippen LogP contribution in [0.1, 0.15) is 24.5 Å². The number of rotatable bonds is 9. The van der Waals surface area contributed by atoms with E-state index in [0.29, 0.717) is 25.3 Å². The number of para-hydroxylation sites is 1. The number of benzene rings is 2. The van der Waals surface area contributed by atoms with E-state index in [-0.39, 0.29) is 23.7 Å². The lowest BCUT2D eigenvalue weighted by molar-refractivity contribution is -0.125. The molecule has 2 aromatic rings. The number of methoxy groups -OCH3 is 1. The highest BCUT2D eigenvalue weighted by Gasteiger charge is 2.48. The normalized spacial score (nSPS) is 17.3. The van der Waals surface area contributed by atoms with Crippen molar-refractivity contribution in [3.63, 3.8) is 0 Å². The zero-order chi connectivity index (χ0) is 20.8. The molecule has 1 saturated carbocycles. The minimum Gasteiger partial charge on any atom is -0.497 e. The molecule has 2 amide bonds. The summed E-state index contributed by atoms with van der Waals surface area (Å²) in [5.74, 6) is 0.786. The minimum absolute atomic E-state index is 0.0800. The summed E-state index contributed by atoms with van der Waals surface area (Å²) in [6.07, 6.45) is 1.43. The average Bonchev–Trinajstić information content (AvgIpc) is 3.54. The smallest absolute Gasteiger partial charge is 0.228 e. The third-order valence-corrected chi connectivity index (χ3v) is 5.18. The molecule has 0 bridgehead atoms. The molecule has 1 fully saturated rings. The summed E-state index contributed by atoms with van der Waals surface area (Å²) >= 11 is 0. The summed E-state index contributed by atoms with van der Waals surface area (Å²) in [5.41, 5.74) is 3.02. The highest BCUT2D eigenvalue weighted by atomic mass is 16.5.